The number of anilines is 1. The zero-order valence-corrected chi connectivity index (χ0v) is 16.3. The minimum atomic E-state index is -0.536. The average molecular weight is 424 g/mol. The van der Waals surface area contributed by atoms with Crippen LogP contribution in [-0.4, -0.2) is 12.5 Å². The van der Waals surface area contributed by atoms with Gasteiger partial charge in [-0.1, -0.05) is 23.7 Å². The molecular weight excluding hydrogens is 409 g/mol. The van der Waals surface area contributed by atoms with Crippen LogP contribution in [0, 0.1) is 5.82 Å². The fourth-order valence-corrected chi connectivity index (χ4v) is 3.01. The van der Waals surface area contributed by atoms with Crippen LogP contribution >= 0.6 is 11.6 Å². The lowest BCUT2D eigenvalue weighted by Crippen LogP contribution is -2.20. The van der Waals surface area contributed by atoms with Crippen LogP contribution in [0.15, 0.2) is 82.0 Å². The highest BCUT2D eigenvalue weighted by Crippen LogP contribution is 2.25. The van der Waals surface area contributed by atoms with Gasteiger partial charge in [-0.25, -0.2) is 4.39 Å². The third kappa shape index (κ3) is 4.34. The molecular formula is C23H15ClFNO4. The lowest BCUT2D eigenvalue weighted by molar-refractivity contribution is -0.118. The maximum absolute atomic E-state index is 13.6. The quantitative estimate of drug-likeness (QED) is 0.474. The molecule has 4 aromatic rings. The number of benzene rings is 3. The van der Waals surface area contributed by atoms with E-state index in [2.05, 4.69) is 5.32 Å². The van der Waals surface area contributed by atoms with Gasteiger partial charge >= 0.3 is 0 Å². The molecule has 7 heteroatoms. The number of amides is 1. The van der Waals surface area contributed by atoms with E-state index in [0.717, 1.165) is 5.56 Å². The van der Waals surface area contributed by atoms with Crippen LogP contribution in [0.1, 0.15) is 0 Å². The number of para-hydroxylation sites is 1. The zero-order valence-electron chi connectivity index (χ0n) is 15.5. The van der Waals surface area contributed by atoms with Crippen molar-refractivity contribution in [1.29, 1.82) is 0 Å². The van der Waals surface area contributed by atoms with Gasteiger partial charge < -0.3 is 14.5 Å². The molecule has 1 N–H and O–H groups in total. The number of ether oxygens (including phenoxy) is 1. The van der Waals surface area contributed by atoms with Crippen molar-refractivity contribution < 1.29 is 18.3 Å². The first-order valence-electron chi connectivity index (χ1n) is 9.00. The van der Waals surface area contributed by atoms with Crippen molar-refractivity contribution >= 4 is 34.2 Å². The number of carbonyl (C=O) groups excluding carboxylic acids is 1. The van der Waals surface area contributed by atoms with Crippen LogP contribution in [0.3, 0.4) is 0 Å². The third-order valence-electron chi connectivity index (χ3n) is 4.35. The molecule has 0 saturated heterocycles. The molecule has 150 valence electrons. The molecule has 5 nitrogen and oxygen atoms in total. The van der Waals surface area contributed by atoms with Gasteiger partial charge in [-0.15, -0.1) is 0 Å². The number of hydrogen-bond donors (Lipinski definition) is 1. The summed E-state index contributed by atoms with van der Waals surface area (Å²) in [5.74, 6) is -0.323. The van der Waals surface area contributed by atoms with Gasteiger partial charge in [0.05, 0.1) is 11.1 Å². The molecule has 0 aliphatic carbocycles. The van der Waals surface area contributed by atoms with Crippen LogP contribution in [0.2, 0.25) is 5.02 Å². The van der Waals surface area contributed by atoms with E-state index in [1.165, 1.54) is 30.3 Å². The summed E-state index contributed by atoms with van der Waals surface area (Å²) in [6.45, 7) is -0.339. The fourth-order valence-electron chi connectivity index (χ4n) is 2.88. The van der Waals surface area contributed by atoms with Gasteiger partial charge in [0, 0.05) is 16.7 Å². The topological polar surface area (TPSA) is 68.5 Å². The summed E-state index contributed by atoms with van der Waals surface area (Å²) in [6.07, 6.45) is 0. The molecule has 4 rings (SSSR count). The molecule has 0 saturated carbocycles. The van der Waals surface area contributed by atoms with Gasteiger partial charge in [0.15, 0.2) is 12.0 Å². The summed E-state index contributed by atoms with van der Waals surface area (Å²) in [5.41, 5.74) is 0.932. The molecule has 0 atom stereocenters. The number of halogens is 2. The highest BCUT2D eigenvalue weighted by Gasteiger charge is 2.10. The molecule has 0 radical (unpaired) electrons. The average Bonchev–Trinajstić information content (AvgIpc) is 2.74. The lowest BCUT2D eigenvalue weighted by Gasteiger charge is -2.09. The number of rotatable bonds is 5. The maximum Gasteiger partial charge on any atom is 0.262 e. The Bertz CT molecular complexity index is 1280. The molecule has 0 unspecified atom stereocenters. The predicted molar refractivity (Wildman–Crippen MR) is 113 cm³/mol. The maximum atomic E-state index is 13.6. The Hall–Kier alpha value is -3.64. The van der Waals surface area contributed by atoms with Gasteiger partial charge in [-0.05, 0) is 54.6 Å². The van der Waals surface area contributed by atoms with E-state index in [-0.39, 0.29) is 17.7 Å². The highest BCUT2D eigenvalue weighted by molar-refractivity contribution is 6.30. The standard InChI is InChI=1S/C23H15ClFNO4/c24-15-7-5-14(6-8-15)22-12-20(27)17-11-16(9-10-21(17)30-22)29-13-23(28)26-19-4-2-1-3-18(19)25/h1-12H,13H2,(H,26,28). The molecule has 0 fully saturated rings. The van der Waals surface area contributed by atoms with Gasteiger partial charge in [-0.3, -0.25) is 9.59 Å². The molecule has 0 spiro atoms. The van der Waals surface area contributed by atoms with E-state index >= 15 is 0 Å². The van der Waals surface area contributed by atoms with Crippen LogP contribution in [-0.2, 0) is 4.79 Å². The Balaban J connectivity index is 1.51. The summed E-state index contributed by atoms with van der Waals surface area (Å²) in [4.78, 5) is 24.5. The number of carbonyl (C=O) groups is 1. The molecule has 1 amide bonds. The van der Waals surface area contributed by atoms with Crippen LogP contribution in [0.25, 0.3) is 22.3 Å². The van der Waals surface area contributed by atoms with Crippen molar-refractivity contribution in [1.82, 2.24) is 0 Å². The summed E-state index contributed by atoms with van der Waals surface area (Å²) in [5, 5.41) is 3.34. The summed E-state index contributed by atoms with van der Waals surface area (Å²) in [7, 11) is 0. The Morgan fingerprint density at radius 2 is 1.80 bits per heavy atom. The summed E-state index contributed by atoms with van der Waals surface area (Å²) >= 11 is 5.89. The van der Waals surface area contributed by atoms with E-state index < -0.39 is 11.7 Å². The molecule has 0 bridgehead atoms. The van der Waals surface area contributed by atoms with Crippen molar-refractivity contribution in [2.45, 2.75) is 0 Å². The van der Waals surface area contributed by atoms with Crippen molar-refractivity contribution in [3.05, 3.63) is 93.9 Å². The monoisotopic (exact) mass is 423 g/mol. The van der Waals surface area contributed by atoms with E-state index in [9.17, 15) is 14.0 Å². The lowest BCUT2D eigenvalue weighted by atomic mass is 10.1. The smallest absolute Gasteiger partial charge is 0.262 e. The van der Waals surface area contributed by atoms with Gasteiger partial charge in [-0.2, -0.15) is 0 Å². The highest BCUT2D eigenvalue weighted by atomic mass is 35.5. The Morgan fingerprint density at radius 1 is 1.03 bits per heavy atom. The predicted octanol–water partition coefficient (Wildman–Crippen LogP) is 5.27. The molecule has 1 heterocycles. The first-order valence-corrected chi connectivity index (χ1v) is 9.38. The Kier molecular flexibility index (Phi) is 5.50. The van der Waals surface area contributed by atoms with Crippen LogP contribution < -0.4 is 15.5 Å². The molecule has 1 aromatic heterocycles. The number of hydrogen-bond acceptors (Lipinski definition) is 4. The van der Waals surface area contributed by atoms with E-state index in [4.69, 9.17) is 20.8 Å². The van der Waals surface area contributed by atoms with E-state index in [1.807, 2.05) is 0 Å². The Morgan fingerprint density at radius 3 is 2.57 bits per heavy atom. The Labute approximate surface area is 175 Å². The van der Waals surface area contributed by atoms with Crippen molar-refractivity contribution in [3.8, 4) is 17.1 Å². The largest absolute Gasteiger partial charge is 0.484 e. The first kappa shape index (κ1) is 19.7. The zero-order chi connectivity index (χ0) is 21.1. The summed E-state index contributed by atoms with van der Waals surface area (Å²) in [6, 6.07) is 18.9. The minimum absolute atomic E-state index is 0.0694. The minimum Gasteiger partial charge on any atom is -0.484 e. The summed E-state index contributed by atoms with van der Waals surface area (Å²) < 4.78 is 24.9. The number of fused-ring (bicyclic) bond motifs is 1. The van der Waals surface area contributed by atoms with Crippen LogP contribution in [0.5, 0.6) is 5.75 Å². The second-order valence-corrected chi connectivity index (χ2v) is 6.89. The molecule has 0 aliphatic rings. The number of nitrogens with one attached hydrogen (secondary N) is 1. The van der Waals surface area contributed by atoms with Crippen molar-refractivity contribution in [2.24, 2.45) is 0 Å². The van der Waals surface area contributed by atoms with Gasteiger partial charge in [0.1, 0.15) is 22.9 Å². The van der Waals surface area contributed by atoms with Crippen molar-refractivity contribution in [2.75, 3.05) is 11.9 Å². The van der Waals surface area contributed by atoms with Gasteiger partial charge in [0.2, 0.25) is 0 Å². The van der Waals surface area contributed by atoms with Crippen molar-refractivity contribution in [3.63, 3.8) is 0 Å². The normalized spacial score (nSPS) is 10.7. The van der Waals surface area contributed by atoms with Gasteiger partial charge in [0.25, 0.3) is 5.91 Å². The molecule has 30 heavy (non-hydrogen) atoms. The third-order valence-corrected chi connectivity index (χ3v) is 4.60. The van der Waals surface area contributed by atoms with Crippen LogP contribution in [0.4, 0.5) is 10.1 Å². The molecule has 3 aromatic carbocycles. The first-order chi connectivity index (χ1) is 14.5. The SMILES string of the molecule is O=C(COc1ccc2oc(-c3ccc(Cl)cc3)cc(=O)c2c1)Nc1ccccc1F. The van der Waals surface area contributed by atoms with E-state index in [0.29, 0.717) is 27.5 Å². The second kappa shape index (κ2) is 8.39. The van der Waals surface area contributed by atoms with E-state index in [1.54, 1.807) is 42.5 Å². The fraction of sp³-hybridized carbons (Fsp3) is 0.0435. The molecule has 0 aliphatic heterocycles. The second-order valence-electron chi connectivity index (χ2n) is 6.46.